The molecule has 0 spiro atoms. The van der Waals surface area contributed by atoms with Gasteiger partial charge in [-0.05, 0) is 38.0 Å². The normalized spacial score (nSPS) is 11.7. The lowest BCUT2D eigenvalue weighted by Crippen LogP contribution is -2.16. The predicted molar refractivity (Wildman–Crippen MR) is 75.1 cm³/mol. The third-order valence-electron chi connectivity index (χ3n) is 2.97. The fourth-order valence-corrected chi connectivity index (χ4v) is 1.60. The number of carboxylic acid groups (broad SMARTS) is 1. The molecule has 0 aliphatic carbocycles. The van der Waals surface area contributed by atoms with E-state index in [0.717, 1.165) is 12.8 Å². The lowest BCUT2D eigenvalue weighted by Gasteiger charge is -2.07. The maximum atomic E-state index is 11.8. The van der Waals surface area contributed by atoms with E-state index in [9.17, 15) is 9.59 Å². The maximum absolute atomic E-state index is 11.8. The van der Waals surface area contributed by atoms with Crippen molar-refractivity contribution in [2.45, 2.75) is 33.6 Å². The van der Waals surface area contributed by atoms with Crippen LogP contribution < -0.4 is 5.32 Å². The number of hydrogen-bond acceptors (Lipinski definition) is 2. The minimum absolute atomic E-state index is 0.0557. The summed E-state index contributed by atoms with van der Waals surface area (Å²) in [5.41, 5.74) is 2.15. The summed E-state index contributed by atoms with van der Waals surface area (Å²) in [6, 6.07) is 7.57. The van der Waals surface area contributed by atoms with Crippen molar-refractivity contribution in [3.8, 4) is 0 Å². The first-order chi connectivity index (χ1) is 8.95. The van der Waals surface area contributed by atoms with E-state index in [1.54, 1.807) is 0 Å². The van der Waals surface area contributed by atoms with Gasteiger partial charge in [-0.15, -0.1) is 0 Å². The van der Waals surface area contributed by atoms with E-state index in [2.05, 4.69) is 12.2 Å². The molecule has 102 valence electrons. The Kier molecular flexibility index (Phi) is 5.30. The van der Waals surface area contributed by atoms with Crippen LogP contribution in [0.25, 0.3) is 0 Å². The first-order valence-electron chi connectivity index (χ1n) is 6.26. The third-order valence-corrected chi connectivity index (χ3v) is 2.97. The smallest absolute Gasteiger partial charge is 0.331 e. The molecule has 0 aliphatic heterocycles. The van der Waals surface area contributed by atoms with Gasteiger partial charge in [0.1, 0.15) is 0 Å². The number of aliphatic carboxylic acids is 1. The van der Waals surface area contributed by atoms with E-state index in [0.29, 0.717) is 5.69 Å². The number of amides is 1. The summed E-state index contributed by atoms with van der Waals surface area (Å²) in [6.45, 7) is 5.03. The number of carbonyl (C=O) groups is 2. The molecule has 1 amide bonds. The Morgan fingerprint density at radius 3 is 2.16 bits per heavy atom. The van der Waals surface area contributed by atoms with Gasteiger partial charge in [0, 0.05) is 16.8 Å². The van der Waals surface area contributed by atoms with Crippen LogP contribution in [0.1, 0.15) is 32.8 Å². The van der Waals surface area contributed by atoms with Crippen molar-refractivity contribution in [1.29, 1.82) is 0 Å². The molecule has 4 nitrogen and oxygen atoms in total. The highest BCUT2D eigenvalue weighted by Crippen LogP contribution is 2.13. The highest BCUT2D eigenvalue weighted by Gasteiger charge is 2.12. The summed E-state index contributed by atoms with van der Waals surface area (Å²) in [4.78, 5) is 22.6. The first-order valence-corrected chi connectivity index (χ1v) is 6.26. The Hall–Kier alpha value is -2.10. The van der Waals surface area contributed by atoms with Crippen molar-refractivity contribution in [3.05, 3.63) is 41.0 Å². The van der Waals surface area contributed by atoms with Crippen LogP contribution in [0.4, 0.5) is 5.69 Å². The Balaban J connectivity index is 2.77. The molecule has 0 saturated heterocycles. The quantitative estimate of drug-likeness (QED) is 0.801. The van der Waals surface area contributed by atoms with Crippen LogP contribution in [0.5, 0.6) is 0 Å². The molecule has 0 radical (unpaired) electrons. The molecule has 1 aromatic rings. The summed E-state index contributed by atoms with van der Waals surface area (Å²) in [5.74, 6) is -1.46. The number of anilines is 1. The predicted octanol–water partition coefficient (Wildman–Crippen LogP) is 3.00. The van der Waals surface area contributed by atoms with Crippen LogP contribution in [0.15, 0.2) is 35.4 Å². The monoisotopic (exact) mass is 261 g/mol. The van der Waals surface area contributed by atoms with Gasteiger partial charge in [0.2, 0.25) is 0 Å². The number of carbonyl (C=O) groups excluding carboxylic acids is 1. The van der Waals surface area contributed by atoms with Gasteiger partial charge < -0.3 is 10.4 Å². The summed E-state index contributed by atoms with van der Waals surface area (Å²) < 4.78 is 0. The van der Waals surface area contributed by atoms with E-state index >= 15 is 0 Å². The van der Waals surface area contributed by atoms with Gasteiger partial charge in [0.05, 0.1) is 0 Å². The average molecular weight is 261 g/mol. The molecule has 1 aromatic carbocycles. The van der Waals surface area contributed by atoms with Crippen LogP contribution in [-0.2, 0) is 16.0 Å². The van der Waals surface area contributed by atoms with Gasteiger partial charge in [-0.25, -0.2) is 4.79 Å². The van der Waals surface area contributed by atoms with Crippen LogP contribution in [0.2, 0.25) is 0 Å². The number of benzene rings is 1. The Morgan fingerprint density at radius 2 is 1.68 bits per heavy atom. The van der Waals surface area contributed by atoms with E-state index in [1.807, 2.05) is 24.3 Å². The number of carboxylic acids is 1. The van der Waals surface area contributed by atoms with Gasteiger partial charge in [-0.3, -0.25) is 4.79 Å². The van der Waals surface area contributed by atoms with Crippen LogP contribution in [0, 0.1) is 0 Å². The summed E-state index contributed by atoms with van der Waals surface area (Å²) in [5, 5.41) is 11.5. The molecule has 0 unspecified atom stereocenters. The van der Waals surface area contributed by atoms with Crippen molar-refractivity contribution in [2.24, 2.45) is 0 Å². The van der Waals surface area contributed by atoms with Gasteiger partial charge in [-0.2, -0.15) is 0 Å². The van der Waals surface area contributed by atoms with Crippen LogP contribution in [-0.4, -0.2) is 17.0 Å². The number of aryl methyl sites for hydroxylation is 1. The van der Waals surface area contributed by atoms with Gasteiger partial charge in [0.25, 0.3) is 5.91 Å². The molecular weight excluding hydrogens is 242 g/mol. The second kappa shape index (κ2) is 6.73. The molecule has 0 aromatic heterocycles. The average Bonchev–Trinajstić information content (AvgIpc) is 2.39. The second-order valence-electron chi connectivity index (χ2n) is 4.46. The molecule has 0 saturated carbocycles. The SMILES string of the molecule is CCCc1ccc(NC(=O)C(C)=C(C)C(=O)O)cc1. The molecule has 4 heteroatoms. The van der Waals surface area contributed by atoms with Crippen LogP contribution >= 0.6 is 0 Å². The fourth-order valence-electron chi connectivity index (χ4n) is 1.60. The highest BCUT2D eigenvalue weighted by atomic mass is 16.4. The molecular formula is C15H19NO3. The van der Waals surface area contributed by atoms with Gasteiger partial charge in [0.15, 0.2) is 0 Å². The first kappa shape index (κ1) is 15.0. The van der Waals surface area contributed by atoms with Crippen LogP contribution in [0.3, 0.4) is 0 Å². The van der Waals surface area contributed by atoms with E-state index < -0.39 is 5.97 Å². The molecule has 19 heavy (non-hydrogen) atoms. The van der Waals surface area contributed by atoms with E-state index in [1.165, 1.54) is 19.4 Å². The van der Waals surface area contributed by atoms with Gasteiger partial charge in [-0.1, -0.05) is 25.5 Å². The zero-order valence-corrected chi connectivity index (χ0v) is 11.5. The Morgan fingerprint density at radius 1 is 1.11 bits per heavy atom. The molecule has 0 atom stereocenters. The standard InChI is InChI=1S/C15H19NO3/c1-4-5-12-6-8-13(9-7-12)16-14(17)10(2)11(3)15(18)19/h6-9H,4-5H2,1-3H3,(H,16,17)(H,18,19). The van der Waals surface area contributed by atoms with E-state index in [-0.39, 0.29) is 17.1 Å². The minimum atomic E-state index is -1.08. The molecule has 2 N–H and O–H groups in total. The topological polar surface area (TPSA) is 66.4 Å². The maximum Gasteiger partial charge on any atom is 0.331 e. The zero-order chi connectivity index (χ0) is 14.4. The lowest BCUT2D eigenvalue weighted by molar-refractivity contribution is -0.133. The molecule has 0 heterocycles. The van der Waals surface area contributed by atoms with E-state index in [4.69, 9.17) is 5.11 Å². The zero-order valence-electron chi connectivity index (χ0n) is 11.5. The number of rotatable bonds is 5. The second-order valence-corrected chi connectivity index (χ2v) is 4.46. The molecule has 1 rings (SSSR count). The molecule has 0 aliphatic rings. The third kappa shape index (κ3) is 4.25. The van der Waals surface area contributed by atoms with Crippen molar-refractivity contribution in [1.82, 2.24) is 0 Å². The van der Waals surface area contributed by atoms with Crippen molar-refractivity contribution in [3.63, 3.8) is 0 Å². The summed E-state index contributed by atoms with van der Waals surface area (Å²) >= 11 is 0. The highest BCUT2D eigenvalue weighted by molar-refractivity contribution is 6.08. The molecule has 0 fully saturated rings. The number of hydrogen-bond donors (Lipinski definition) is 2. The summed E-state index contributed by atoms with van der Waals surface area (Å²) in [6.07, 6.45) is 2.08. The summed E-state index contributed by atoms with van der Waals surface area (Å²) in [7, 11) is 0. The largest absolute Gasteiger partial charge is 0.478 e. The Bertz CT molecular complexity index is 501. The Labute approximate surface area is 113 Å². The minimum Gasteiger partial charge on any atom is -0.478 e. The number of nitrogens with one attached hydrogen (secondary N) is 1. The van der Waals surface area contributed by atoms with Gasteiger partial charge >= 0.3 is 5.97 Å². The molecule has 0 bridgehead atoms. The fraction of sp³-hybridized carbons (Fsp3) is 0.333. The van der Waals surface area contributed by atoms with Crippen molar-refractivity contribution >= 4 is 17.6 Å². The van der Waals surface area contributed by atoms with Crippen molar-refractivity contribution < 1.29 is 14.7 Å². The van der Waals surface area contributed by atoms with Crippen molar-refractivity contribution in [2.75, 3.05) is 5.32 Å². The lowest BCUT2D eigenvalue weighted by atomic mass is 10.1.